The van der Waals surface area contributed by atoms with Crippen LogP contribution in [0.1, 0.15) is 43.4 Å². The Morgan fingerprint density at radius 1 is 1.09 bits per heavy atom. The van der Waals surface area contributed by atoms with Gasteiger partial charge in [-0.05, 0) is 74.9 Å². The molecule has 0 aliphatic carbocycles. The van der Waals surface area contributed by atoms with E-state index in [2.05, 4.69) is 31.0 Å². The van der Waals surface area contributed by atoms with Gasteiger partial charge in [0.25, 0.3) is 0 Å². The highest BCUT2D eigenvalue weighted by Crippen LogP contribution is 2.25. The molecule has 0 atom stereocenters. The SMILES string of the molecule is COC(=O)c1ccc(-n2c(C)cc(/C=N/NC(=O)c3cc4cc(Br)ccc4o3)c2C)c(C)c1. The average molecular weight is 508 g/mol. The molecule has 0 bridgehead atoms. The second-order valence-corrected chi connectivity index (χ2v) is 8.56. The number of hydrazone groups is 1. The molecule has 0 aliphatic heterocycles. The molecule has 4 aromatic rings. The number of benzene rings is 2. The number of esters is 1. The highest BCUT2D eigenvalue weighted by molar-refractivity contribution is 9.10. The van der Waals surface area contributed by atoms with Gasteiger partial charge in [0.1, 0.15) is 5.58 Å². The number of aryl methyl sites for hydroxylation is 2. The van der Waals surface area contributed by atoms with Crippen LogP contribution in [0.2, 0.25) is 0 Å². The lowest BCUT2D eigenvalue weighted by Gasteiger charge is -2.13. The predicted octanol–water partition coefficient (Wildman–Crippen LogP) is 5.46. The van der Waals surface area contributed by atoms with Crippen molar-refractivity contribution in [1.82, 2.24) is 9.99 Å². The maximum absolute atomic E-state index is 12.5. The van der Waals surface area contributed by atoms with Crippen LogP contribution in [0.15, 0.2) is 62.5 Å². The van der Waals surface area contributed by atoms with Crippen molar-refractivity contribution in [2.75, 3.05) is 7.11 Å². The molecule has 1 N–H and O–H groups in total. The van der Waals surface area contributed by atoms with E-state index in [1.54, 1.807) is 30.5 Å². The molecule has 2 heterocycles. The Balaban J connectivity index is 1.54. The Morgan fingerprint density at radius 3 is 2.61 bits per heavy atom. The number of methoxy groups -OCH3 is 1. The molecule has 0 radical (unpaired) electrons. The first kappa shape index (κ1) is 22.5. The number of ether oxygens (including phenoxy) is 1. The molecule has 1 amide bonds. The van der Waals surface area contributed by atoms with E-state index < -0.39 is 5.91 Å². The van der Waals surface area contributed by atoms with Crippen molar-refractivity contribution < 1.29 is 18.7 Å². The average Bonchev–Trinajstić information content (AvgIpc) is 3.33. The van der Waals surface area contributed by atoms with E-state index in [4.69, 9.17) is 9.15 Å². The molecule has 0 spiro atoms. The van der Waals surface area contributed by atoms with Crippen LogP contribution in [-0.4, -0.2) is 29.8 Å². The van der Waals surface area contributed by atoms with Crippen molar-refractivity contribution in [2.24, 2.45) is 5.10 Å². The minimum absolute atomic E-state index is 0.187. The normalized spacial score (nSPS) is 11.3. The van der Waals surface area contributed by atoms with E-state index in [0.717, 1.165) is 38.1 Å². The highest BCUT2D eigenvalue weighted by Gasteiger charge is 2.15. The predicted molar refractivity (Wildman–Crippen MR) is 130 cm³/mol. The van der Waals surface area contributed by atoms with Crippen molar-refractivity contribution in [1.29, 1.82) is 0 Å². The third kappa shape index (κ3) is 4.47. The summed E-state index contributed by atoms with van der Waals surface area (Å²) in [5.74, 6) is -0.611. The number of carbonyl (C=O) groups is 2. The minimum atomic E-state index is -0.429. The van der Waals surface area contributed by atoms with Crippen molar-refractivity contribution in [3.05, 3.63) is 86.8 Å². The lowest BCUT2D eigenvalue weighted by atomic mass is 10.1. The molecule has 0 fully saturated rings. The van der Waals surface area contributed by atoms with E-state index in [0.29, 0.717) is 11.1 Å². The smallest absolute Gasteiger partial charge is 0.337 e. The lowest BCUT2D eigenvalue weighted by molar-refractivity contribution is 0.0600. The Kier molecular flexibility index (Phi) is 6.20. The standard InChI is InChI=1S/C25H22BrN3O4/c1-14-9-17(25(31)32-4)5-7-21(14)29-15(2)10-19(16(29)3)13-27-28-24(30)23-12-18-11-20(26)6-8-22(18)33-23/h5-13H,1-4H3,(H,28,30)/b27-13+. The second kappa shape index (κ2) is 9.07. The molecule has 2 aromatic carbocycles. The number of amides is 1. The summed E-state index contributed by atoms with van der Waals surface area (Å²) in [7, 11) is 1.36. The maximum atomic E-state index is 12.5. The number of hydrogen-bond donors (Lipinski definition) is 1. The fourth-order valence-corrected chi connectivity index (χ4v) is 4.16. The lowest BCUT2D eigenvalue weighted by Crippen LogP contribution is -2.16. The first-order valence-electron chi connectivity index (χ1n) is 10.2. The van der Waals surface area contributed by atoms with E-state index in [-0.39, 0.29) is 11.7 Å². The van der Waals surface area contributed by atoms with Crippen molar-refractivity contribution in [2.45, 2.75) is 20.8 Å². The van der Waals surface area contributed by atoms with Gasteiger partial charge in [-0.1, -0.05) is 15.9 Å². The van der Waals surface area contributed by atoms with Crippen LogP contribution in [0.4, 0.5) is 0 Å². The molecule has 7 nitrogen and oxygen atoms in total. The van der Waals surface area contributed by atoms with Crippen LogP contribution in [0.3, 0.4) is 0 Å². The van der Waals surface area contributed by atoms with Crippen molar-refractivity contribution in [3.8, 4) is 5.69 Å². The number of aromatic nitrogens is 1. The largest absolute Gasteiger partial charge is 0.465 e. The van der Waals surface area contributed by atoms with Gasteiger partial charge in [0.2, 0.25) is 0 Å². The third-order valence-electron chi connectivity index (χ3n) is 5.40. The summed E-state index contributed by atoms with van der Waals surface area (Å²) in [4.78, 5) is 24.3. The van der Waals surface area contributed by atoms with Crippen LogP contribution in [0, 0.1) is 20.8 Å². The summed E-state index contributed by atoms with van der Waals surface area (Å²) in [5.41, 5.74) is 8.35. The zero-order valence-electron chi connectivity index (χ0n) is 18.6. The fraction of sp³-hybridized carbons (Fsp3) is 0.160. The van der Waals surface area contributed by atoms with Gasteiger partial charge in [0.05, 0.1) is 18.9 Å². The zero-order valence-corrected chi connectivity index (χ0v) is 20.2. The van der Waals surface area contributed by atoms with Gasteiger partial charge in [-0.3, -0.25) is 4.79 Å². The summed E-state index contributed by atoms with van der Waals surface area (Å²) in [6, 6.07) is 14.6. The Bertz CT molecular complexity index is 1410. The fourth-order valence-electron chi connectivity index (χ4n) is 3.78. The topological polar surface area (TPSA) is 85.8 Å². The summed E-state index contributed by atoms with van der Waals surface area (Å²) in [6.45, 7) is 5.91. The number of carbonyl (C=O) groups excluding carboxylic acids is 2. The summed E-state index contributed by atoms with van der Waals surface area (Å²) >= 11 is 3.41. The Labute approximate surface area is 199 Å². The molecule has 168 valence electrons. The molecule has 0 saturated heterocycles. The van der Waals surface area contributed by atoms with Gasteiger partial charge in [-0.2, -0.15) is 5.10 Å². The monoisotopic (exact) mass is 507 g/mol. The second-order valence-electron chi connectivity index (χ2n) is 7.65. The molecule has 0 unspecified atom stereocenters. The van der Waals surface area contributed by atoms with Crippen molar-refractivity contribution in [3.63, 3.8) is 0 Å². The van der Waals surface area contributed by atoms with E-state index >= 15 is 0 Å². The molecule has 2 aromatic heterocycles. The third-order valence-corrected chi connectivity index (χ3v) is 5.89. The number of furan rings is 1. The minimum Gasteiger partial charge on any atom is -0.465 e. The van der Waals surface area contributed by atoms with Gasteiger partial charge >= 0.3 is 11.9 Å². The zero-order chi connectivity index (χ0) is 23.7. The molecular formula is C25H22BrN3O4. The number of rotatable bonds is 5. The van der Waals surface area contributed by atoms with Crippen LogP contribution < -0.4 is 5.43 Å². The summed E-state index contributed by atoms with van der Waals surface area (Å²) in [6.07, 6.45) is 1.61. The van der Waals surface area contributed by atoms with Gasteiger partial charge in [0.15, 0.2) is 5.76 Å². The quantitative estimate of drug-likeness (QED) is 0.220. The van der Waals surface area contributed by atoms with Crippen molar-refractivity contribution >= 4 is 45.0 Å². The molecule has 4 rings (SSSR count). The Morgan fingerprint density at radius 2 is 1.88 bits per heavy atom. The van der Waals surface area contributed by atoms with Crippen LogP contribution in [0.25, 0.3) is 16.7 Å². The number of nitrogens with zero attached hydrogens (tertiary/aromatic N) is 2. The summed E-state index contributed by atoms with van der Waals surface area (Å²) < 4.78 is 13.4. The van der Waals surface area contributed by atoms with Gasteiger partial charge < -0.3 is 13.7 Å². The van der Waals surface area contributed by atoms with Crippen LogP contribution >= 0.6 is 15.9 Å². The van der Waals surface area contributed by atoms with Crippen LogP contribution in [0.5, 0.6) is 0 Å². The summed E-state index contributed by atoms with van der Waals surface area (Å²) in [5, 5.41) is 4.95. The van der Waals surface area contributed by atoms with Gasteiger partial charge in [-0.25, -0.2) is 10.2 Å². The molecule has 33 heavy (non-hydrogen) atoms. The van der Waals surface area contributed by atoms with E-state index in [9.17, 15) is 9.59 Å². The first-order valence-corrected chi connectivity index (χ1v) is 11.0. The molecular weight excluding hydrogens is 486 g/mol. The first-order chi connectivity index (χ1) is 15.8. The van der Waals surface area contributed by atoms with Gasteiger partial charge in [0, 0.05) is 32.5 Å². The number of halogens is 1. The van der Waals surface area contributed by atoms with E-state index in [1.807, 2.05) is 45.0 Å². The number of nitrogens with one attached hydrogen (secondary N) is 1. The molecule has 0 saturated carbocycles. The van der Waals surface area contributed by atoms with Gasteiger partial charge in [-0.15, -0.1) is 0 Å². The molecule has 0 aliphatic rings. The molecule has 8 heteroatoms. The Hall–Kier alpha value is -3.65. The maximum Gasteiger partial charge on any atom is 0.337 e. The van der Waals surface area contributed by atoms with Crippen LogP contribution in [-0.2, 0) is 4.74 Å². The number of hydrogen-bond acceptors (Lipinski definition) is 5. The van der Waals surface area contributed by atoms with E-state index in [1.165, 1.54) is 7.11 Å². The highest BCUT2D eigenvalue weighted by atomic mass is 79.9. The number of fused-ring (bicyclic) bond motifs is 1.